The Morgan fingerprint density at radius 2 is 2.04 bits per heavy atom. The zero-order valence-corrected chi connectivity index (χ0v) is 14.5. The highest BCUT2D eigenvalue weighted by molar-refractivity contribution is 5.85. The van der Waals surface area contributed by atoms with Gasteiger partial charge >= 0.3 is 0 Å². The van der Waals surface area contributed by atoms with Crippen LogP contribution in [0.4, 0.5) is 5.82 Å². The van der Waals surface area contributed by atoms with Crippen molar-refractivity contribution in [3.63, 3.8) is 0 Å². The van der Waals surface area contributed by atoms with Gasteiger partial charge in [0.15, 0.2) is 5.82 Å². The Morgan fingerprint density at radius 3 is 2.74 bits per heavy atom. The molecule has 3 rings (SSSR count). The van der Waals surface area contributed by atoms with Crippen molar-refractivity contribution in [1.29, 1.82) is 0 Å². The van der Waals surface area contributed by atoms with E-state index in [9.17, 15) is 4.79 Å². The number of nitrogens with zero attached hydrogens (tertiary/aromatic N) is 5. The first-order valence-electron chi connectivity index (χ1n) is 8.50. The van der Waals surface area contributed by atoms with Gasteiger partial charge in [0.25, 0.3) is 0 Å². The fourth-order valence-electron chi connectivity index (χ4n) is 3.69. The summed E-state index contributed by atoms with van der Waals surface area (Å²) in [5, 5.41) is 8.46. The third-order valence-corrected chi connectivity index (χ3v) is 5.10. The lowest BCUT2D eigenvalue weighted by atomic mass is 9.78. The van der Waals surface area contributed by atoms with Crippen LogP contribution in [0.1, 0.15) is 25.0 Å². The fourth-order valence-corrected chi connectivity index (χ4v) is 3.69. The molecule has 1 spiro atoms. The van der Waals surface area contributed by atoms with Gasteiger partial charge in [-0.15, -0.1) is 5.10 Å². The molecule has 0 radical (unpaired) electrons. The summed E-state index contributed by atoms with van der Waals surface area (Å²) in [5.41, 5.74) is 0.712. The Kier molecular flexibility index (Phi) is 4.53. The third-order valence-electron chi connectivity index (χ3n) is 5.10. The molecule has 1 atom stereocenters. The topological polar surface area (TPSA) is 52.6 Å². The molecule has 6 heteroatoms. The molecule has 1 aromatic rings. The maximum absolute atomic E-state index is 13.0. The zero-order chi connectivity index (χ0) is 16.4. The lowest BCUT2D eigenvalue weighted by Crippen LogP contribution is -2.48. The van der Waals surface area contributed by atoms with Crippen molar-refractivity contribution < 1.29 is 4.79 Å². The van der Waals surface area contributed by atoms with Gasteiger partial charge in [0.2, 0.25) is 5.91 Å². The number of rotatable bonds is 4. The van der Waals surface area contributed by atoms with E-state index in [1.807, 2.05) is 24.0 Å². The molecule has 126 valence electrons. The number of piperidine rings is 1. The lowest BCUT2D eigenvalue weighted by molar-refractivity contribution is -0.136. The van der Waals surface area contributed by atoms with Crippen LogP contribution in [0.5, 0.6) is 0 Å². The van der Waals surface area contributed by atoms with Gasteiger partial charge < -0.3 is 14.7 Å². The second-order valence-electron chi connectivity index (χ2n) is 7.18. The van der Waals surface area contributed by atoms with E-state index in [1.54, 1.807) is 0 Å². The minimum Gasteiger partial charge on any atom is -0.354 e. The molecule has 3 heterocycles. The molecule has 1 aromatic heterocycles. The molecule has 0 saturated carbocycles. The average Bonchev–Trinajstić information content (AvgIpc) is 2.82. The predicted molar refractivity (Wildman–Crippen MR) is 90.4 cm³/mol. The molecular weight excluding hydrogens is 290 g/mol. The van der Waals surface area contributed by atoms with E-state index in [-0.39, 0.29) is 5.41 Å². The van der Waals surface area contributed by atoms with Gasteiger partial charge in [0.05, 0.1) is 11.1 Å². The maximum Gasteiger partial charge on any atom is 0.230 e. The number of likely N-dealkylation sites (tertiary alicyclic amines) is 1. The van der Waals surface area contributed by atoms with Gasteiger partial charge in [-0.2, -0.15) is 5.10 Å². The lowest BCUT2D eigenvalue weighted by Gasteiger charge is -2.39. The fraction of sp³-hybridized carbons (Fsp3) is 0.706. The molecule has 1 amide bonds. The van der Waals surface area contributed by atoms with Crippen molar-refractivity contribution >= 4 is 11.7 Å². The third kappa shape index (κ3) is 3.32. The summed E-state index contributed by atoms with van der Waals surface area (Å²) in [5.74, 6) is 1.23. The molecular formula is C17H27N5O. The number of likely N-dealkylation sites (N-methyl/N-ethyl adjacent to an activating group) is 1. The van der Waals surface area contributed by atoms with Crippen molar-refractivity contribution in [2.75, 3.05) is 51.7 Å². The van der Waals surface area contributed by atoms with Gasteiger partial charge in [0, 0.05) is 32.7 Å². The minimum atomic E-state index is -0.211. The second kappa shape index (κ2) is 6.43. The Balaban J connectivity index is 1.70. The van der Waals surface area contributed by atoms with Crippen LogP contribution in [0.25, 0.3) is 0 Å². The molecule has 6 nitrogen and oxygen atoms in total. The quantitative estimate of drug-likeness (QED) is 0.834. The zero-order valence-electron chi connectivity index (χ0n) is 14.5. The number of aromatic nitrogens is 2. The van der Waals surface area contributed by atoms with E-state index < -0.39 is 0 Å². The molecule has 0 bridgehead atoms. The van der Waals surface area contributed by atoms with Gasteiger partial charge in [-0.1, -0.05) is 0 Å². The highest BCUT2D eigenvalue weighted by Gasteiger charge is 2.48. The first-order valence-corrected chi connectivity index (χ1v) is 8.50. The number of aryl methyl sites for hydroxylation is 1. The maximum atomic E-state index is 13.0. The van der Waals surface area contributed by atoms with E-state index >= 15 is 0 Å². The smallest absolute Gasteiger partial charge is 0.230 e. The van der Waals surface area contributed by atoms with Crippen LogP contribution >= 0.6 is 0 Å². The first-order chi connectivity index (χ1) is 11.0. The number of amides is 1. The molecule has 0 aromatic carbocycles. The van der Waals surface area contributed by atoms with Crippen molar-refractivity contribution in [3.8, 4) is 0 Å². The van der Waals surface area contributed by atoms with Crippen LogP contribution in [0.2, 0.25) is 0 Å². The summed E-state index contributed by atoms with van der Waals surface area (Å²) in [6, 6.07) is 4.01. The van der Waals surface area contributed by atoms with Crippen LogP contribution in [0.3, 0.4) is 0 Å². The van der Waals surface area contributed by atoms with Gasteiger partial charge in [-0.3, -0.25) is 4.79 Å². The Morgan fingerprint density at radius 1 is 1.22 bits per heavy atom. The predicted octanol–water partition coefficient (Wildman–Crippen LogP) is 1.17. The molecule has 0 unspecified atom stereocenters. The van der Waals surface area contributed by atoms with E-state index in [1.165, 1.54) is 0 Å². The van der Waals surface area contributed by atoms with Gasteiger partial charge in [-0.25, -0.2) is 0 Å². The second-order valence-corrected chi connectivity index (χ2v) is 7.18. The van der Waals surface area contributed by atoms with Crippen LogP contribution in [-0.4, -0.2) is 72.7 Å². The van der Waals surface area contributed by atoms with E-state index in [2.05, 4.69) is 34.1 Å². The number of hydrogen-bond acceptors (Lipinski definition) is 5. The van der Waals surface area contributed by atoms with Crippen molar-refractivity contribution in [2.45, 2.75) is 26.2 Å². The van der Waals surface area contributed by atoms with Crippen molar-refractivity contribution in [2.24, 2.45) is 5.41 Å². The van der Waals surface area contributed by atoms with Crippen LogP contribution < -0.4 is 4.90 Å². The molecule has 2 saturated heterocycles. The molecule has 23 heavy (non-hydrogen) atoms. The minimum absolute atomic E-state index is 0.211. The largest absolute Gasteiger partial charge is 0.354 e. The van der Waals surface area contributed by atoms with E-state index in [4.69, 9.17) is 0 Å². The summed E-state index contributed by atoms with van der Waals surface area (Å²) in [7, 11) is 4.10. The molecule has 0 N–H and O–H groups in total. The highest BCUT2D eigenvalue weighted by atomic mass is 16.2. The Labute approximate surface area is 138 Å². The monoisotopic (exact) mass is 317 g/mol. The molecule has 2 fully saturated rings. The standard InChI is InChI=1S/C17H27N5O/c1-14-5-6-15(19-18-14)22-9-4-7-17(13-22)8-10-21(16(17)23)12-11-20(2)3/h5-6H,4,7-13H2,1-3H3/t17-/m0/s1. The number of carbonyl (C=O) groups excluding carboxylic acids is 1. The Hall–Kier alpha value is -1.69. The average molecular weight is 317 g/mol. The van der Waals surface area contributed by atoms with Crippen LogP contribution in [0, 0.1) is 12.3 Å². The van der Waals surface area contributed by atoms with Crippen LogP contribution in [-0.2, 0) is 4.79 Å². The van der Waals surface area contributed by atoms with Crippen molar-refractivity contribution in [3.05, 3.63) is 17.8 Å². The summed E-state index contributed by atoms with van der Waals surface area (Å²) in [4.78, 5) is 19.4. The first kappa shape index (κ1) is 16.2. The van der Waals surface area contributed by atoms with E-state index in [0.29, 0.717) is 5.91 Å². The summed E-state index contributed by atoms with van der Waals surface area (Å²) in [6.07, 6.45) is 3.01. The number of hydrogen-bond donors (Lipinski definition) is 0. The number of anilines is 1. The van der Waals surface area contributed by atoms with Crippen LogP contribution in [0.15, 0.2) is 12.1 Å². The Bertz CT molecular complexity index is 559. The summed E-state index contributed by atoms with van der Waals surface area (Å²) in [6.45, 7) is 6.33. The summed E-state index contributed by atoms with van der Waals surface area (Å²) < 4.78 is 0. The summed E-state index contributed by atoms with van der Waals surface area (Å²) >= 11 is 0. The normalized spacial score (nSPS) is 25.0. The van der Waals surface area contributed by atoms with Crippen molar-refractivity contribution in [1.82, 2.24) is 20.0 Å². The molecule has 2 aliphatic heterocycles. The molecule has 0 aliphatic carbocycles. The number of carbonyl (C=O) groups is 1. The molecule has 2 aliphatic rings. The SMILES string of the molecule is Cc1ccc(N2CCC[C@]3(CCN(CCN(C)C)C3=O)C2)nn1. The van der Waals surface area contributed by atoms with Gasteiger partial charge in [0.1, 0.15) is 0 Å². The van der Waals surface area contributed by atoms with Gasteiger partial charge in [-0.05, 0) is 52.4 Å². The van der Waals surface area contributed by atoms with E-state index in [0.717, 1.165) is 63.5 Å². The highest BCUT2D eigenvalue weighted by Crippen LogP contribution is 2.40.